The first-order valence-corrected chi connectivity index (χ1v) is 3.30. The van der Waals surface area contributed by atoms with Crippen molar-refractivity contribution in [1.82, 2.24) is 14.4 Å². The zero-order valence-electron chi connectivity index (χ0n) is 6.03. The molecule has 0 bridgehead atoms. The largest absolute Gasteiger partial charge is 0.331 e. The lowest BCUT2D eigenvalue weighted by Crippen LogP contribution is -2.15. The number of rotatable bonds is 0. The molecular formula is C7H7N3O. The van der Waals surface area contributed by atoms with Gasteiger partial charge in [-0.05, 0) is 6.92 Å². The van der Waals surface area contributed by atoms with E-state index in [-0.39, 0.29) is 5.69 Å². The fraction of sp³-hybridized carbons (Fsp3) is 0.143. The fourth-order valence-corrected chi connectivity index (χ4v) is 1.05. The first-order valence-electron chi connectivity index (χ1n) is 3.30. The van der Waals surface area contributed by atoms with Crippen molar-refractivity contribution >= 4 is 5.65 Å². The zero-order chi connectivity index (χ0) is 7.84. The van der Waals surface area contributed by atoms with Crippen molar-refractivity contribution in [3.63, 3.8) is 0 Å². The topological polar surface area (TPSA) is 50.2 Å². The first kappa shape index (κ1) is 6.15. The van der Waals surface area contributed by atoms with E-state index in [0.29, 0.717) is 5.65 Å². The average molecular weight is 149 g/mol. The highest BCUT2D eigenvalue weighted by Crippen LogP contribution is 1.95. The number of hydrogen-bond donors (Lipinski definition) is 1. The number of aromatic amines is 1. The maximum atomic E-state index is 11.1. The SMILES string of the molecule is Cc1cc2nccn2c(=O)[nH]1. The van der Waals surface area contributed by atoms with E-state index in [1.165, 1.54) is 4.40 Å². The van der Waals surface area contributed by atoms with Gasteiger partial charge in [0.05, 0.1) is 0 Å². The van der Waals surface area contributed by atoms with Crippen LogP contribution in [0.3, 0.4) is 0 Å². The molecule has 0 aliphatic heterocycles. The van der Waals surface area contributed by atoms with Crippen LogP contribution in [0.5, 0.6) is 0 Å². The van der Waals surface area contributed by atoms with E-state index in [1.54, 1.807) is 12.4 Å². The zero-order valence-corrected chi connectivity index (χ0v) is 6.03. The molecule has 4 heteroatoms. The lowest BCUT2D eigenvalue weighted by Gasteiger charge is -1.92. The van der Waals surface area contributed by atoms with Gasteiger partial charge < -0.3 is 4.98 Å². The van der Waals surface area contributed by atoms with E-state index in [2.05, 4.69) is 9.97 Å². The number of fused-ring (bicyclic) bond motifs is 1. The summed E-state index contributed by atoms with van der Waals surface area (Å²) in [4.78, 5) is 17.8. The summed E-state index contributed by atoms with van der Waals surface area (Å²) >= 11 is 0. The molecule has 0 spiro atoms. The van der Waals surface area contributed by atoms with Gasteiger partial charge in [0.1, 0.15) is 5.65 Å². The van der Waals surface area contributed by atoms with Gasteiger partial charge >= 0.3 is 5.69 Å². The highest BCUT2D eigenvalue weighted by molar-refractivity contribution is 5.37. The smallest absolute Gasteiger partial charge is 0.311 e. The Morgan fingerprint density at radius 2 is 2.45 bits per heavy atom. The summed E-state index contributed by atoms with van der Waals surface area (Å²) in [5, 5.41) is 0. The highest BCUT2D eigenvalue weighted by Gasteiger charge is 1.96. The van der Waals surface area contributed by atoms with Gasteiger partial charge in [-0.2, -0.15) is 0 Å². The van der Waals surface area contributed by atoms with E-state index < -0.39 is 0 Å². The Bertz CT molecular complexity index is 440. The molecule has 56 valence electrons. The second-order valence-corrected chi connectivity index (χ2v) is 2.41. The van der Waals surface area contributed by atoms with Crippen LogP contribution in [0.4, 0.5) is 0 Å². The number of aromatic nitrogens is 3. The second-order valence-electron chi connectivity index (χ2n) is 2.41. The van der Waals surface area contributed by atoms with Crippen molar-refractivity contribution < 1.29 is 0 Å². The molecule has 0 amide bonds. The van der Waals surface area contributed by atoms with Crippen LogP contribution < -0.4 is 5.69 Å². The molecule has 0 radical (unpaired) electrons. The molecule has 2 aromatic rings. The number of hydrogen-bond acceptors (Lipinski definition) is 2. The van der Waals surface area contributed by atoms with Crippen molar-refractivity contribution in [3.05, 3.63) is 34.6 Å². The summed E-state index contributed by atoms with van der Waals surface area (Å²) in [6, 6.07) is 1.82. The molecule has 0 aliphatic rings. The minimum absolute atomic E-state index is 0.141. The summed E-state index contributed by atoms with van der Waals surface area (Å²) < 4.78 is 1.47. The maximum absolute atomic E-state index is 11.1. The minimum atomic E-state index is -0.141. The summed E-state index contributed by atoms with van der Waals surface area (Å²) in [5.41, 5.74) is 1.37. The summed E-state index contributed by atoms with van der Waals surface area (Å²) in [6.07, 6.45) is 3.23. The van der Waals surface area contributed by atoms with Crippen LogP contribution in [-0.2, 0) is 0 Å². The normalized spacial score (nSPS) is 10.6. The Morgan fingerprint density at radius 1 is 1.64 bits per heavy atom. The number of nitrogens with one attached hydrogen (secondary N) is 1. The monoisotopic (exact) mass is 149 g/mol. The van der Waals surface area contributed by atoms with Gasteiger partial charge in [0.2, 0.25) is 0 Å². The van der Waals surface area contributed by atoms with Gasteiger partial charge in [0.15, 0.2) is 0 Å². The van der Waals surface area contributed by atoms with Crippen LogP contribution >= 0.6 is 0 Å². The number of aryl methyl sites for hydroxylation is 1. The van der Waals surface area contributed by atoms with E-state index in [0.717, 1.165) is 5.69 Å². The second kappa shape index (κ2) is 1.95. The van der Waals surface area contributed by atoms with E-state index in [1.807, 2.05) is 13.0 Å². The van der Waals surface area contributed by atoms with Gasteiger partial charge in [-0.1, -0.05) is 0 Å². The lowest BCUT2D eigenvalue weighted by atomic mass is 10.4. The molecule has 0 aromatic carbocycles. The molecule has 0 saturated heterocycles. The van der Waals surface area contributed by atoms with Crippen molar-refractivity contribution in [2.45, 2.75) is 6.92 Å². The van der Waals surface area contributed by atoms with Crippen molar-refractivity contribution in [1.29, 1.82) is 0 Å². The van der Waals surface area contributed by atoms with Crippen LogP contribution in [0.15, 0.2) is 23.3 Å². The molecule has 2 aromatic heterocycles. The van der Waals surface area contributed by atoms with Gasteiger partial charge in [-0.3, -0.25) is 4.40 Å². The molecule has 4 nitrogen and oxygen atoms in total. The molecule has 0 aliphatic carbocycles. The number of H-pyrrole nitrogens is 1. The number of nitrogens with zero attached hydrogens (tertiary/aromatic N) is 2. The van der Waals surface area contributed by atoms with Gasteiger partial charge in [0, 0.05) is 24.2 Å². The third-order valence-electron chi connectivity index (χ3n) is 1.54. The Kier molecular flexibility index (Phi) is 1.09. The Labute approximate surface area is 62.5 Å². The molecule has 0 fully saturated rings. The van der Waals surface area contributed by atoms with E-state index in [9.17, 15) is 4.79 Å². The summed E-state index contributed by atoms with van der Waals surface area (Å²) in [6.45, 7) is 1.83. The Balaban J connectivity index is 3.02. The van der Waals surface area contributed by atoms with E-state index >= 15 is 0 Å². The van der Waals surface area contributed by atoms with Crippen LogP contribution in [0.2, 0.25) is 0 Å². The molecule has 2 rings (SSSR count). The average Bonchev–Trinajstić information content (AvgIpc) is 2.34. The van der Waals surface area contributed by atoms with Gasteiger partial charge in [0.25, 0.3) is 0 Å². The molecule has 2 heterocycles. The first-order chi connectivity index (χ1) is 5.27. The molecule has 0 unspecified atom stereocenters. The van der Waals surface area contributed by atoms with Crippen molar-refractivity contribution in [2.75, 3.05) is 0 Å². The third-order valence-corrected chi connectivity index (χ3v) is 1.54. The standard InChI is InChI=1S/C7H7N3O/c1-5-4-6-8-2-3-10(6)7(11)9-5/h2-4H,1H3,(H,9,11). The number of imidazole rings is 1. The van der Waals surface area contributed by atoms with Gasteiger partial charge in [-0.15, -0.1) is 0 Å². The Morgan fingerprint density at radius 3 is 3.27 bits per heavy atom. The fourth-order valence-electron chi connectivity index (χ4n) is 1.05. The summed E-state index contributed by atoms with van der Waals surface area (Å²) in [7, 11) is 0. The highest BCUT2D eigenvalue weighted by atomic mass is 16.1. The molecule has 11 heavy (non-hydrogen) atoms. The van der Waals surface area contributed by atoms with Crippen LogP contribution in [-0.4, -0.2) is 14.4 Å². The molecule has 1 N–H and O–H groups in total. The van der Waals surface area contributed by atoms with Crippen LogP contribution in [0.1, 0.15) is 5.69 Å². The van der Waals surface area contributed by atoms with Gasteiger partial charge in [-0.25, -0.2) is 9.78 Å². The molecular weight excluding hydrogens is 142 g/mol. The van der Waals surface area contributed by atoms with Crippen molar-refractivity contribution in [3.8, 4) is 0 Å². The quantitative estimate of drug-likeness (QED) is 0.586. The third kappa shape index (κ3) is 0.832. The lowest BCUT2D eigenvalue weighted by molar-refractivity contribution is 0.972. The molecule has 0 saturated carbocycles. The summed E-state index contributed by atoms with van der Waals surface area (Å²) in [5.74, 6) is 0. The Hall–Kier alpha value is -1.58. The van der Waals surface area contributed by atoms with Crippen molar-refractivity contribution in [2.24, 2.45) is 0 Å². The predicted molar refractivity (Wildman–Crippen MR) is 40.5 cm³/mol. The van der Waals surface area contributed by atoms with Crippen LogP contribution in [0, 0.1) is 6.92 Å². The van der Waals surface area contributed by atoms with E-state index in [4.69, 9.17) is 0 Å². The minimum Gasteiger partial charge on any atom is -0.311 e. The maximum Gasteiger partial charge on any atom is 0.331 e. The predicted octanol–water partition coefficient (Wildman–Crippen LogP) is 0.331. The van der Waals surface area contributed by atoms with Crippen LogP contribution in [0.25, 0.3) is 5.65 Å². The molecule has 0 atom stereocenters.